The Hall–Kier alpha value is -1.72. The summed E-state index contributed by atoms with van der Waals surface area (Å²) in [5.41, 5.74) is 1.41. The average molecular weight is 318 g/mol. The van der Waals surface area contributed by atoms with Crippen LogP contribution in [-0.4, -0.2) is 19.2 Å². The van der Waals surface area contributed by atoms with Crippen molar-refractivity contribution in [3.05, 3.63) is 66.0 Å². The van der Waals surface area contributed by atoms with Crippen LogP contribution < -0.4 is 4.72 Å². The van der Waals surface area contributed by atoms with Crippen molar-refractivity contribution in [1.82, 2.24) is 9.71 Å². The summed E-state index contributed by atoms with van der Waals surface area (Å²) >= 11 is 0. The van der Waals surface area contributed by atoms with Gasteiger partial charge in [0, 0.05) is 12.4 Å². The topological polar surface area (TPSA) is 59.1 Å². The third-order valence-corrected chi connectivity index (χ3v) is 5.18. The zero-order valence-corrected chi connectivity index (χ0v) is 13.8. The monoisotopic (exact) mass is 318 g/mol. The normalized spacial score (nSPS) is 12.3. The van der Waals surface area contributed by atoms with Crippen LogP contribution in [0.1, 0.15) is 31.4 Å². The number of pyridine rings is 1. The van der Waals surface area contributed by atoms with E-state index in [1.165, 1.54) is 0 Å². The summed E-state index contributed by atoms with van der Waals surface area (Å²) < 4.78 is 27.3. The Morgan fingerprint density at radius 1 is 1.05 bits per heavy atom. The lowest BCUT2D eigenvalue weighted by Crippen LogP contribution is -2.42. The van der Waals surface area contributed by atoms with E-state index in [0.29, 0.717) is 6.42 Å². The molecule has 0 unspecified atom stereocenters. The van der Waals surface area contributed by atoms with Crippen LogP contribution in [-0.2, 0) is 22.0 Å². The lowest BCUT2D eigenvalue weighted by molar-refractivity contribution is 0.471. The van der Waals surface area contributed by atoms with Crippen molar-refractivity contribution in [2.75, 3.05) is 5.75 Å². The predicted molar refractivity (Wildman–Crippen MR) is 88.9 cm³/mol. The van der Waals surface area contributed by atoms with E-state index >= 15 is 0 Å². The molecule has 2 aromatic rings. The summed E-state index contributed by atoms with van der Waals surface area (Å²) in [6.07, 6.45) is 4.70. The van der Waals surface area contributed by atoms with Crippen molar-refractivity contribution in [1.29, 1.82) is 0 Å². The van der Waals surface area contributed by atoms with Gasteiger partial charge in [-0.3, -0.25) is 4.98 Å². The summed E-state index contributed by atoms with van der Waals surface area (Å²) in [4.78, 5) is 3.96. The molecule has 0 saturated heterocycles. The number of nitrogens with zero attached hydrogens (tertiary/aromatic N) is 1. The van der Waals surface area contributed by atoms with Gasteiger partial charge in [-0.25, -0.2) is 13.1 Å². The number of nitrogens with one attached hydrogen (secondary N) is 1. The molecule has 4 nitrogen and oxygen atoms in total. The van der Waals surface area contributed by atoms with Crippen molar-refractivity contribution >= 4 is 10.0 Å². The van der Waals surface area contributed by atoms with Crippen molar-refractivity contribution in [3.8, 4) is 0 Å². The maximum absolute atomic E-state index is 12.3. The number of rotatable bonds is 7. The molecule has 1 aromatic carbocycles. The molecule has 0 saturated carbocycles. The SMILES string of the molecule is CC(C)(NS(=O)(=O)CCCc1ccccc1)c1ccncc1. The van der Waals surface area contributed by atoms with Gasteiger partial charge in [-0.15, -0.1) is 0 Å². The molecule has 0 atom stereocenters. The first-order valence-corrected chi connectivity index (χ1v) is 9.00. The van der Waals surface area contributed by atoms with Crippen molar-refractivity contribution < 1.29 is 8.42 Å². The molecule has 22 heavy (non-hydrogen) atoms. The summed E-state index contributed by atoms with van der Waals surface area (Å²) in [5.74, 6) is 0.121. The second-order valence-corrected chi connectivity index (χ2v) is 7.71. The van der Waals surface area contributed by atoms with Gasteiger partial charge < -0.3 is 0 Å². The zero-order chi connectivity index (χ0) is 16.1. The Morgan fingerprint density at radius 3 is 2.32 bits per heavy atom. The third kappa shape index (κ3) is 4.93. The van der Waals surface area contributed by atoms with E-state index in [1.807, 2.05) is 56.3 Å². The number of hydrogen-bond donors (Lipinski definition) is 1. The largest absolute Gasteiger partial charge is 0.265 e. The van der Waals surface area contributed by atoms with Crippen LogP contribution in [0.25, 0.3) is 0 Å². The highest BCUT2D eigenvalue weighted by molar-refractivity contribution is 7.89. The van der Waals surface area contributed by atoms with Gasteiger partial charge in [0.2, 0.25) is 10.0 Å². The van der Waals surface area contributed by atoms with Gasteiger partial charge in [0.25, 0.3) is 0 Å². The van der Waals surface area contributed by atoms with Gasteiger partial charge in [-0.1, -0.05) is 30.3 Å². The second-order valence-electron chi connectivity index (χ2n) is 5.87. The fourth-order valence-electron chi connectivity index (χ4n) is 2.38. The lowest BCUT2D eigenvalue weighted by atomic mass is 9.97. The molecule has 0 aliphatic carbocycles. The Kier molecular flexibility index (Phi) is 5.32. The molecule has 1 heterocycles. The van der Waals surface area contributed by atoms with E-state index in [4.69, 9.17) is 0 Å². The Morgan fingerprint density at radius 2 is 1.68 bits per heavy atom. The highest BCUT2D eigenvalue weighted by atomic mass is 32.2. The van der Waals surface area contributed by atoms with Gasteiger partial charge in [0.1, 0.15) is 0 Å². The first kappa shape index (κ1) is 16.6. The van der Waals surface area contributed by atoms with Crippen LogP contribution in [0, 0.1) is 0 Å². The van der Waals surface area contributed by atoms with Gasteiger partial charge >= 0.3 is 0 Å². The van der Waals surface area contributed by atoms with E-state index in [2.05, 4.69) is 9.71 Å². The Bertz CT molecular complexity index is 683. The van der Waals surface area contributed by atoms with E-state index in [-0.39, 0.29) is 5.75 Å². The molecule has 1 N–H and O–H groups in total. The number of benzene rings is 1. The molecule has 5 heteroatoms. The summed E-state index contributed by atoms with van der Waals surface area (Å²) in [5, 5.41) is 0. The van der Waals surface area contributed by atoms with Gasteiger partial charge in [-0.05, 0) is 49.9 Å². The highest BCUT2D eigenvalue weighted by Crippen LogP contribution is 2.20. The summed E-state index contributed by atoms with van der Waals surface area (Å²) in [6, 6.07) is 13.6. The summed E-state index contributed by atoms with van der Waals surface area (Å²) in [6.45, 7) is 3.72. The van der Waals surface area contributed by atoms with Crippen molar-refractivity contribution in [2.45, 2.75) is 32.2 Å². The van der Waals surface area contributed by atoms with Crippen LogP contribution in [0.3, 0.4) is 0 Å². The van der Waals surface area contributed by atoms with Crippen molar-refractivity contribution in [2.24, 2.45) is 0 Å². The highest BCUT2D eigenvalue weighted by Gasteiger charge is 2.26. The van der Waals surface area contributed by atoms with E-state index < -0.39 is 15.6 Å². The minimum atomic E-state index is -3.33. The van der Waals surface area contributed by atoms with Crippen LogP contribution in [0.2, 0.25) is 0 Å². The van der Waals surface area contributed by atoms with Gasteiger partial charge in [0.15, 0.2) is 0 Å². The minimum absolute atomic E-state index is 0.121. The maximum atomic E-state index is 12.3. The standard InChI is InChI=1S/C17H22N2O2S/c1-17(2,16-10-12-18-13-11-16)19-22(20,21)14-6-9-15-7-4-3-5-8-15/h3-5,7-8,10-13,19H,6,9,14H2,1-2H3. The first-order chi connectivity index (χ1) is 10.4. The van der Waals surface area contributed by atoms with Crippen LogP contribution in [0.15, 0.2) is 54.9 Å². The third-order valence-electron chi connectivity index (χ3n) is 3.53. The van der Waals surface area contributed by atoms with E-state index in [9.17, 15) is 8.42 Å². The van der Waals surface area contributed by atoms with E-state index in [0.717, 1.165) is 17.5 Å². The molecule has 0 aliphatic heterocycles. The molecule has 1 aromatic heterocycles. The quantitative estimate of drug-likeness (QED) is 0.854. The number of sulfonamides is 1. The number of aryl methyl sites for hydroxylation is 1. The smallest absolute Gasteiger partial charge is 0.212 e. The first-order valence-electron chi connectivity index (χ1n) is 7.35. The van der Waals surface area contributed by atoms with Gasteiger partial charge in [-0.2, -0.15) is 0 Å². The number of aromatic nitrogens is 1. The molecule has 0 fully saturated rings. The molecule has 0 spiro atoms. The molecular weight excluding hydrogens is 296 g/mol. The molecule has 0 amide bonds. The van der Waals surface area contributed by atoms with E-state index in [1.54, 1.807) is 12.4 Å². The minimum Gasteiger partial charge on any atom is -0.265 e. The lowest BCUT2D eigenvalue weighted by Gasteiger charge is -2.26. The second kappa shape index (κ2) is 7.03. The fourth-order valence-corrected chi connectivity index (χ4v) is 3.90. The van der Waals surface area contributed by atoms with Crippen molar-refractivity contribution in [3.63, 3.8) is 0 Å². The maximum Gasteiger partial charge on any atom is 0.212 e. The predicted octanol–water partition coefficient (Wildman–Crippen LogP) is 2.87. The number of hydrogen-bond acceptors (Lipinski definition) is 3. The summed E-state index contributed by atoms with van der Waals surface area (Å²) in [7, 11) is -3.33. The van der Waals surface area contributed by atoms with Gasteiger partial charge in [0.05, 0.1) is 11.3 Å². The average Bonchev–Trinajstić information content (AvgIpc) is 2.48. The molecule has 0 aliphatic rings. The molecule has 0 bridgehead atoms. The molecule has 2 rings (SSSR count). The molecular formula is C17H22N2O2S. The zero-order valence-electron chi connectivity index (χ0n) is 13.0. The molecule has 0 radical (unpaired) electrons. The molecule has 118 valence electrons. The fraction of sp³-hybridized carbons (Fsp3) is 0.353. The Labute approximate surface area is 132 Å². The van der Waals surface area contributed by atoms with Crippen LogP contribution >= 0.6 is 0 Å². The van der Waals surface area contributed by atoms with Crippen LogP contribution in [0.4, 0.5) is 0 Å². The van der Waals surface area contributed by atoms with Crippen LogP contribution in [0.5, 0.6) is 0 Å². The Balaban J connectivity index is 1.93.